The normalized spacial score (nSPS) is 25.8. The maximum absolute atomic E-state index is 2.33. The van der Waals surface area contributed by atoms with Crippen molar-refractivity contribution in [2.45, 2.75) is 65.7 Å². The lowest BCUT2D eigenvalue weighted by Gasteiger charge is -2.14. The minimum absolute atomic E-state index is 0.819. The van der Waals surface area contributed by atoms with Gasteiger partial charge in [0, 0.05) is 0 Å². The van der Waals surface area contributed by atoms with Crippen molar-refractivity contribution >= 4 is 0 Å². The summed E-state index contributed by atoms with van der Waals surface area (Å²) in [5.41, 5.74) is 0.819. The standard InChI is InChI=1S/C12H24/c1-4-7-11-10-12(11,8-5-2)9-6-3/h11H,4-10H2,1-3H3. The van der Waals surface area contributed by atoms with Gasteiger partial charge in [-0.3, -0.25) is 0 Å². The molecular weight excluding hydrogens is 144 g/mol. The minimum Gasteiger partial charge on any atom is -0.0654 e. The lowest BCUT2D eigenvalue weighted by molar-refractivity contribution is 0.367. The van der Waals surface area contributed by atoms with Gasteiger partial charge in [-0.05, 0) is 30.6 Å². The molecule has 0 N–H and O–H groups in total. The first-order chi connectivity index (χ1) is 5.79. The van der Waals surface area contributed by atoms with E-state index in [1.807, 2.05) is 0 Å². The molecule has 1 saturated carbocycles. The maximum Gasteiger partial charge on any atom is -0.0266 e. The van der Waals surface area contributed by atoms with E-state index in [2.05, 4.69) is 20.8 Å². The third kappa shape index (κ3) is 2.02. The molecule has 1 rings (SSSR count). The smallest absolute Gasteiger partial charge is 0.0266 e. The Hall–Kier alpha value is 0. The van der Waals surface area contributed by atoms with Crippen molar-refractivity contribution < 1.29 is 0 Å². The molecule has 1 unspecified atom stereocenters. The molecule has 72 valence electrons. The van der Waals surface area contributed by atoms with Gasteiger partial charge in [0.1, 0.15) is 0 Å². The molecule has 0 saturated heterocycles. The van der Waals surface area contributed by atoms with Crippen LogP contribution in [-0.2, 0) is 0 Å². The lowest BCUT2D eigenvalue weighted by atomic mass is 9.91. The van der Waals surface area contributed by atoms with Crippen LogP contribution in [0.5, 0.6) is 0 Å². The summed E-state index contributed by atoms with van der Waals surface area (Å²) in [6, 6.07) is 0. The van der Waals surface area contributed by atoms with Gasteiger partial charge in [0.15, 0.2) is 0 Å². The van der Waals surface area contributed by atoms with Crippen LogP contribution >= 0.6 is 0 Å². The van der Waals surface area contributed by atoms with E-state index in [-0.39, 0.29) is 0 Å². The Labute approximate surface area is 77.7 Å². The van der Waals surface area contributed by atoms with Crippen LogP contribution in [0.3, 0.4) is 0 Å². The predicted molar refractivity (Wildman–Crippen MR) is 55.3 cm³/mol. The Balaban J connectivity index is 2.32. The zero-order valence-electron chi connectivity index (χ0n) is 9.03. The molecule has 1 aliphatic carbocycles. The molecule has 0 aromatic rings. The zero-order valence-corrected chi connectivity index (χ0v) is 9.03. The minimum atomic E-state index is 0.819. The molecule has 0 spiro atoms. The van der Waals surface area contributed by atoms with Gasteiger partial charge in [-0.25, -0.2) is 0 Å². The highest BCUT2D eigenvalue weighted by molar-refractivity contribution is 5.00. The Kier molecular flexibility index (Phi) is 3.61. The third-order valence-electron chi connectivity index (χ3n) is 3.49. The van der Waals surface area contributed by atoms with Crippen LogP contribution in [0, 0.1) is 11.3 Å². The summed E-state index contributed by atoms with van der Waals surface area (Å²) in [7, 11) is 0. The SMILES string of the molecule is CCCC1CC1(CCC)CCC. The first-order valence-corrected chi connectivity index (χ1v) is 5.79. The van der Waals surface area contributed by atoms with Gasteiger partial charge in [-0.1, -0.05) is 46.5 Å². The second-order valence-corrected chi connectivity index (χ2v) is 4.55. The van der Waals surface area contributed by atoms with E-state index in [1.54, 1.807) is 6.42 Å². The molecule has 12 heavy (non-hydrogen) atoms. The van der Waals surface area contributed by atoms with Gasteiger partial charge in [-0.15, -0.1) is 0 Å². The summed E-state index contributed by atoms with van der Waals surface area (Å²) in [5.74, 6) is 1.10. The van der Waals surface area contributed by atoms with Crippen molar-refractivity contribution in [3.05, 3.63) is 0 Å². The fraction of sp³-hybridized carbons (Fsp3) is 1.00. The molecule has 0 heteroatoms. The first-order valence-electron chi connectivity index (χ1n) is 5.79. The Morgan fingerprint density at radius 1 is 1.00 bits per heavy atom. The average Bonchev–Trinajstić information content (AvgIpc) is 2.66. The molecule has 0 aromatic heterocycles. The largest absolute Gasteiger partial charge is 0.0654 e. The zero-order chi connectivity index (χ0) is 9.03. The summed E-state index contributed by atoms with van der Waals surface area (Å²) >= 11 is 0. The number of hydrogen-bond donors (Lipinski definition) is 0. The van der Waals surface area contributed by atoms with E-state index >= 15 is 0 Å². The number of hydrogen-bond acceptors (Lipinski definition) is 0. The van der Waals surface area contributed by atoms with Gasteiger partial charge >= 0.3 is 0 Å². The van der Waals surface area contributed by atoms with Gasteiger partial charge in [0.05, 0.1) is 0 Å². The summed E-state index contributed by atoms with van der Waals surface area (Å²) < 4.78 is 0. The molecular formula is C12H24. The van der Waals surface area contributed by atoms with Crippen molar-refractivity contribution in [3.8, 4) is 0 Å². The highest BCUT2D eigenvalue weighted by Gasteiger charge is 2.50. The second kappa shape index (κ2) is 4.30. The molecule has 1 aliphatic rings. The van der Waals surface area contributed by atoms with Crippen molar-refractivity contribution in [2.75, 3.05) is 0 Å². The average molecular weight is 168 g/mol. The monoisotopic (exact) mass is 168 g/mol. The molecule has 0 bridgehead atoms. The third-order valence-corrected chi connectivity index (χ3v) is 3.49. The van der Waals surface area contributed by atoms with Crippen molar-refractivity contribution in [2.24, 2.45) is 11.3 Å². The van der Waals surface area contributed by atoms with Gasteiger partial charge < -0.3 is 0 Å². The molecule has 1 fully saturated rings. The van der Waals surface area contributed by atoms with E-state index in [0.717, 1.165) is 11.3 Å². The molecule has 0 radical (unpaired) electrons. The van der Waals surface area contributed by atoms with Crippen molar-refractivity contribution in [1.29, 1.82) is 0 Å². The quantitative estimate of drug-likeness (QED) is 0.551. The van der Waals surface area contributed by atoms with Crippen LogP contribution in [-0.4, -0.2) is 0 Å². The van der Waals surface area contributed by atoms with Crippen LogP contribution in [0.4, 0.5) is 0 Å². The molecule has 0 aliphatic heterocycles. The van der Waals surface area contributed by atoms with Gasteiger partial charge in [0.25, 0.3) is 0 Å². The Bertz CT molecular complexity index is 120. The maximum atomic E-state index is 2.33. The second-order valence-electron chi connectivity index (χ2n) is 4.55. The summed E-state index contributed by atoms with van der Waals surface area (Å²) in [5, 5.41) is 0. The van der Waals surface area contributed by atoms with Gasteiger partial charge in [0.2, 0.25) is 0 Å². The van der Waals surface area contributed by atoms with Crippen LogP contribution in [0.2, 0.25) is 0 Å². The Morgan fingerprint density at radius 3 is 2.00 bits per heavy atom. The first kappa shape index (κ1) is 10.1. The highest BCUT2D eigenvalue weighted by atomic mass is 14.6. The van der Waals surface area contributed by atoms with E-state index < -0.39 is 0 Å². The lowest BCUT2D eigenvalue weighted by Crippen LogP contribution is -2.03. The number of rotatable bonds is 6. The fourth-order valence-electron chi connectivity index (χ4n) is 2.92. The molecule has 1 atom stereocenters. The van der Waals surface area contributed by atoms with Crippen molar-refractivity contribution in [3.63, 3.8) is 0 Å². The predicted octanol–water partition coefficient (Wildman–Crippen LogP) is 4.39. The van der Waals surface area contributed by atoms with Crippen LogP contribution < -0.4 is 0 Å². The summed E-state index contributed by atoms with van der Waals surface area (Å²) in [4.78, 5) is 0. The topological polar surface area (TPSA) is 0 Å². The highest BCUT2D eigenvalue weighted by Crippen LogP contribution is 2.60. The van der Waals surface area contributed by atoms with E-state index in [1.165, 1.54) is 38.5 Å². The van der Waals surface area contributed by atoms with Crippen LogP contribution in [0.25, 0.3) is 0 Å². The molecule has 0 amide bonds. The molecule has 0 aromatic carbocycles. The molecule has 0 heterocycles. The summed E-state index contributed by atoms with van der Waals surface area (Å²) in [6.45, 7) is 6.98. The van der Waals surface area contributed by atoms with Crippen LogP contribution in [0.15, 0.2) is 0 Å². The molecule has 0 nitrogen and oxygen atoms in total. The van der Waals surface area contributed by atoms with Crippen LogP contribution in [0.1, 0.15) is 65.7 Å². The summed E-state index contributed by atoms with van der Waals surface area (Å²) in [6.07, 6.45) is 10.2. The van der Waals surface area contributed by atoms with E-state index in [0.29, 0.717) is 0 Å². The van der Waals surface area contributed by atoms with E-state index in [4.69, 9.17) is 0 Å². The fourth-order valence-corrected chi connectivity index (χ4v) is 2.92. The Morgan fingerprint density at radius 2 is 1.58 bits per heavy atom. The van der Waals surface area contributed by atoms with Gasteiger partial charge in [-0.2, -0.15) is 0 Å². The van der Waals surface area contributed by atoms with Crippen molar-refractivity contribution in [1.82, 2.24) is 0 Å². The van der Waals surface area contributed by atoms with E-state index in [9.17, 15) is 0 Å².